The minimum absolute atomic E-state index is 0.0651. The molecule has 1 saturated heterocycles. The molecule has 1 aromatic rings. The largest absolute Gasteiger partial charge is 0.357 e. The lowest BCUT2D eigenvalue weighted by Crippen LogP contribution is -2.50. The van der Waals surface area contributed by atoms with Crippen LogP contribution in [-0.4, -0.2) is 47.6 Å². The summed E-state index contributed by atoms with van der Waals surface area (Å²) in [5, 5.41) is 9.88. The van der Waals surface area contributed by atoms with E-state index < -0.39 is 0 Å². The number of likely N-dealkylation sites (tertiary alicyclic amines) is 1. The Bertz CT molecular complexity index is 599. The monoisotopic (exact) mass is 366 g/mol. The molecule has 1 aromatic heterocycles. The molecule has 140 valence electrons. The van der Waals surface area contributed by atoms with Crippen LogP contribution in [0.4, 0.5) is 4.79 Å². The number of rotatable bonds is 4. The van der Waals surface area contributed by atoms with Gasteiger partial charge in [-0.3, -0.25) is 0 Å². The Morgan fingerprint density at radius 1 is 1.44 bits per heavy atom. The van der Waals surface area contributed by atoms with Gasteiger partial charge in [0, 0.05) is 36.5 Å². The Hall–Kier alpha value is -1.83. The minimum Gasteiger partial charge on any atom is -0.357 e. The number of carbonyl (C=O) groups is 1. The summed E-state index contributed by atoms with van der Waals surface area (Å²) in [5.74, 6) is 0.799. The van der Waals surface area contributed by atoms with Crippen LogP contribution in [0.3, 0.4) is 0 Å². The third kappa shape index (κ3) is 5.88. The van der Waals surface area contributed by atoms with Crippen LogP contribution < -0.4 is 16.4 Å². The van der Waals surface area contributed by atoms with Crippen LogP contribution in [0.25, 0.3) is 0 Å². The van der Waals surface area contributed by atoms with Gasteiger partial charge in [0.25, 0.3) is 0 Å². The van der Waals surface area contributed by atoms with Crippen LogP contribution in [0.2, 0.25) is 0 Å². The first-order chi connectivity index (χ1) is 11.8. The Kier molecular flexibility index (Phi) is 6.64. The van der Waals surface area contributed by atoms with Crippen molar-refractivity contribution in [2.24, 2.45) is 10.7 Å². The molecule has 0 saturated carbocycles. The molecule has 4 N–H and O–H groups in total. The lowest BCUT2D eigenvalue weighted by molar-refractivity contribution is 0.188. The Balaban J connectivity index is 1.92. The average molecular weight is 367 g/mol. The number of hydrogen-bond acceptors (Lipinski definition) is 4. The normalized spacial score (nSPS) is 16.8. The Morgan fingerprint density at radius 3 is 2.64 bits per heavy atom. The van der Waals surface area contributed by atoms with Gasteiger partial charge in [-0.1, -0.05) is 20.8 Å². The van der Waals surface area contributed by atoms with Gasteiger partial charge >= 0.3 is 6.03 Å². The first-order valence-electron chi connectivity index (χ1n) is 8.83. The highest BCUT2D eigenvalue weighted by molar-refractivity contribution is 7.09. The minimum atomic E-state index is -0.336. The van der Waals surface area contributed by atoms with Crippen LogP contribution in [-0.2, 0) is 12.0 Å². The molecule has 0 unspecified atom stereocenters. The third-order valence-electron chi connectivity index (χ3n) is 4.18. The smallest absolute Gasteiger partial charge is 0.314 e. The fourth-order valence-electron chi connectivity index (χ4n) is 2.63. The maximum absolute atomic E-state index is 11.2. The van der Waals surface area contributed by atoms with Gasteiger partial charge in [0.1, 0.15) is 5.01 Å². The number of aromatic nitrogens is 1. The van der Waals surface area contributed by atoms with E-state index in [1.807, 2.05) is 6.92 Å². The highest BCUT2D eigenvalue weighted by Gasteiger charge is 2.22. The van der Waals surface area contributed by atoms with Gasteiger partial charge in [-0.05, 0) is 19.8 Å². The number of amides is 2. The first-order valence-corrected chi connectivity index (χ1v) is 9.71. The number of nitrogens with one attached hydrogen (secondary N) is 2. The van der Waals surface area contributed by atoms with Crippen molar-refractivity contribution in [3.8, 4) is 0 Å². The number of thiazole rings is 1. The molecule has 8 heteroatoms. The number of urea groups is 1. The topological polar surface area (TPSA) is 95.6 Å². The molecular formula is C17H30N6OS. The number of nitrogens with zero attached hydrogens (tertiary/aromatic N) is 3. The van der Waals surface area contributed by atoms with Crippen LogP contribution in [0.15, 0.2) is 10.4 Å². The van der Waals surface area contributed by atoms with E-state index in [0.29, 0.717) is 25.7 Å². The third-order valence-corrected chi connectivity index (χ3v) is 5.02. The number of nitrogens with two attached hydrogens (primary N) is 1. The van der Waals surface area contributed by atoms with Gasteiger partial charge in [0.15, 0.2) is 5.96 Å². The summed E-state index contributed by atoms with van der Waals surface area (Å²) >= 11 is 1.65. The molecule has 0 bridgehead atoms. The standard InChI is InChI=1S/C17H30N6OS/c1-5-19-16(21-12-6-8-23(9-7-12)15(18)24)20-10-14-22-13(11-25-14)17(2,3)4/h11-12H,5-10H2,1-4H3,(H2,18,24)(H2,19,20,21). The summed E-state index contributed by atoms with van der Waals surface area (Å²) < 4.78 is 0. The molecule has 2 rings (SSSR count). The zero-order valence-electron chi connectivity index (χ0n) is 15.6. The zero-order chi connectivity index (χ0) is 18.4. The molecular weight excluding hydrogens is 336 g/mol. The predicted molar refractivity (Wildman–Crippen MR) is 103 cm³/mol. The molecule has 0 atom stereocenters. The summed E-state index contributed by atoms with van der Waals surface area (Å²) in [7, 11) is 0. The average Bonchev–Trinajstić information content (AvgIpc) is 3.02. The van der Waals surface area contributed by atoms with Crippen molar-refractivity contribution in [3.63, 3.8) is 0 Å². The fraction of sp³-hybridized carbons (Fsp3) is 0.706. The highest BCUT2D eigenvalue weighted by atomic mass is 32.1. The van der Waals surface area contributed by atoms with Gasteiger partial charge < -0.3 is 21.3 Å². The first kappa shape index (κ1) is 19.5. The molecule has 1 fully saturated rings. The second kappa shape index (κ2) is 8.51. The maximum atomic E-state index is 11.2. The van der Waals surface area contributed by atoms with E-state index in [4.69, 9.17) is 5.73 Å². The van der Waals surface area contributed by atoms with Crippen molar-refractivity contribution in [3.05, 3.63) is 16.1 Å². The number of primary amides is 1. The van der Waals surface area contributed by atoms with Gasteiger partial charge in [0.2, 0.25) is 0 Å². The number of guanidine groups is 1. The fourth-order valence-corrected chi connectivity index (χ4v) is 3.58. The molecule has 2 heterocycles. The molecule has 2 amide bonds. The van der Waals surface area contributed by atoms with Crippen molar-refractivity contribution in [1.29, 1.82) is 0 Å². The molecule has 0 spiro atoms. The van der Waals surface area contributed by atoms with Gasteiger partial charge in [-0.2, -0.15) is 0 Å². The SMILES string of the molecule is CCNC(=NCc1nc(C(C)(C)C)cs1)NC1CCN(C(N)=O)CC1. The maximum Gasteiger partial charge on any atom is 0.314 e. The summed E-state index contributed by atoms with van der Waals surface area (Å²) in [4.78, 5) is 22.2. The number of aliphatic imine (C=N–C) groups is 1. The van der Waals surface area contributed by atoms with Crippen LogP contribution >= 0.6 is 11.3 Å². The summed E-state index contributed by atoms with van der Waals surface area (Å²) in [5.41, 5.74) is 6.51. The van der Waals surface area contributed by atoms with E-state index in [1.165, 1.54) is 0 Å². The molecule has 0 aliphatic carbocycles. The molecule has 1 aliphatic rings. The van der Waals surface area contributed by atoms with E-state index in [2.05, 4.69) is 46.8 Å². The number of piperidine rings is 1. The van der Waals surface area contributed by atoms with Gasteiger partial charge in [0.05, 0.1) is 12.2 Å². The van der Waals surface area contributed by atoms with E-state index >= 15 is 0 Å². The van der Waals surface area contributed by atoms with E-state index in [9.17, 15) is 4.79 Å². The van der Waals surface area contributed by atoms with Crippen LogP contribution in [0, 0.1) is 0 Å². The molecule has 25 heavy (non-hydrogen) atoms. The van der Waals surface area contributed by atoms with Crippen molar-refractivity contribution in [1.82, 2.24) is 20.5 Å². The predicted octanol–water partition coefficient (Wildman–Crippen LogP) is 2.04. The zero-order valence-corrected chi connectivity index (χ0v) is 16.4. The Morgan fingerprint density at radius 2 is 2.12 bits per heavy atom. The molecule has 0 aromatic carbocycles. The van der Waals surface area contributed by atoms with Gasteiger partial charge in [-0.15, -0.1) is 11.3 Å². The van der Waals surface area contributed by atoms with Crippen molar-refractivity contribution < 1.29 is 4.79 Å². The van der Waals surface area contributed by atoms with E-state index in [0.717, 1.165) is 36.0 Å². The van der Waals surface area contributed by atoms with Crippen LogP contribution in [0.1, 0.15) is 51.2 Å². The quantitative estimate of drug-likeness (QED) is 0.561. The van der Waals surface area contributed by atoms with Crippen molar-refractivity contribution in [2.75, 3.05) is 19.6 Å². The molecule has 1 aliphatic heterocycles. The van der Waals surface area contributed by atoms with Crippen molar-refractivity contribution in [2.45, 2.75) is 58.5 Å². The number of carbonyl (C=O) groups excluding carboxylic acids is 1. The second-order valence-electron chi connectivity index (χ2n) is 7.32. The summed E-state index contributed by atoms with van der Waals surface area (Å²) in [6, 6.07) is -0.0349. The number of hydrogen-bond donors (Lipinski definition) is 3. The van der Waals surface area contributed by atoms with E-state index in [1.54, 1.807) is 16.2 Å². The lowest BCUT2D eigenvalue weighted by atomic mass is 9.93. The molecule has 7 nitrogen and oxygen atoms in total. The summed E-state index contributed by atoms with van der Waals surface area (Å²) in [6.45, 7) is 11.3. The van der Waals surface area contributed by atoms with Gasteiger partial charge in [-0.25, -0.2) is 14.8 Å². The second-order valence-corrected chi connectivity index (χ2v) is 8.26. The van der Waals surface area contributed by atoms with Crippen LogP contribution in [0.5, 0.6) is 0 Å². The highest BCUT2D eigenvalue weighted by Crippen LogP contribution is 2.24. The summed E-state index contributed by atoms with van der Waals surface area (Å²) in [6.07, 6.45) is 1.75. The Labute approximate surface area is 154 Å². The van der Waals surface area contributed by atoms with E-state index in [-0.39, 0.29) is 11.4 Å². The molecule has 0 radical (unpaired) electrons. The van der Waals surface area contributed by atoms with Crippen molar-refractivity contribution >= 4 is 23.3 Å². The lowest BCUT2D eigenvalue weighted by Gasteiger charge is -2.32.